The molecule has 0 aliphatic rings. The maximum Gasteiger partial charge on any atom is 0.126 e. The van der Waals surface area contributed by atoms with E-state index in [4.69, 9.17) is 16.7 Å². The van der Waals surface area contributed by atoms with Gasteiger partial charge in [-0.05, 0) is 19.1 Å². The van der Waals surface area contributed by atoms with E-state index in [0.717, 1.165) is 23.8 Å². The van der Waals surface area contributed by atoms with E-state index < -0.39 is 0 Å². The molecule has 1 rings (SSSR count). The van der Waals surface area contributed by atoms with Crippen LogP contribution in [0.25, 0.3) is 0 Å². The number of aromatic nitrogens is 1. The van der Waals surface area contributed by atoms with E-state index in [1.54, 1.807) is 11.8 Å². The summed E-state index contributed by atoms with van der Waals surface area (Å²) >= 11 is 7.70. The van der Waals surface area contributed by atoms with Crippen molar-refractivity contribution < 1.29 is 5.11 Å². The summed E-state index contributed by atoms with van der Waals surface area (Å²) in [6.07, 6.45) is 0. The smallest absolute Gasteiger partial charge is 0.126 e. The van der Waals surface area contributed by atoms with Crippen LogP contribution in [0.4, 0.5) is 5.82 Å². The molecule has 1 aromatic heterocycles. The van der Waals surface area contributed by atoms with Crippen LogP contribution in [0.3, 0.4) is 0 Å². The third-order valence-corrected chi connectivity index (χ3v) is 3.54. The zero-order valence-electron chi connectivity index (χ0n) is 9.53. The van der Waals surface area contributed by atoms with Gasteiger partial charge in [-0.15, -0.1) is 11.8 Å². The summed E-state index contributed by atoms with van der Waals surface area (Å²) in [4.78, 5) is 4.42. The van der Waals surface area contributed by atoms with Crippen LogP contribution in [0.2, 0.25) is 5.02 Å². The number of nitrogens with one attached hydrogen (secondary N) is 1. The zero-order valence-corrected chi connectivity index (χ0v) is 11.1. The van der Waals surface area contributed by atoms with Gasteiger partial charge >= 0.3 is 0 Å². The average molecular weight is 261 g/mol. The Morgan fingerprint density at radius 2 is 2.31 bits per heavy atom. The number of halogens is 1. The zero-order chi connectivity index (χ0) is 12.0. The lowest BCUT2D eigenvalue weighted by Crippen LogP contribution is -2.05. The quantitative estimate of drug-likeness (QED) is 0.826. The van der Waals surface area contributed by atoms with Crippen molar-refractivity contribution in [1.29, 1.82) is 0 Å². The first kappa shape index (κ1) is 13.6. The first-order chi connectivity index (χ1) is 7.67. The number of hydrogen-bond donors (Lipinski definition) is 2. The van der Waals surface area contributed by atoms with Gasteiger partial charge in [0.15, 0.2) is 0 Å². The van der Waals surface area contributed by atoms with Crippen LogP contribution in [-0.4, -0.2) is 28.5 Å². The van der Waals surface area contributed by atoms with E-state index in [9.17, 15) is 0 Å². The largest absolute Gasteiger partial charge is 0.395 e. The molecule has 0 radical (unpaired) electrons. The Kier molecular flexibility index (Phi) is 5.95. The van der Waals surface area contributed by atoms with E-state index in [0.29, 0.717) is 5.02 Å². The maximum atomic E-state index is 8.93. The Bertz CT molecular complexity index is 336. The standard InChI is InChI=1S/C11H17ClN2OS/c1-3-13-11-5-4-9(12)10(14-11)7-16-8(2)6-15/h4-5,8,15H,3,6-7H2,1-2H3,(H,13,14). The molecule has 90 valence electrons. The van der Waals surface area contributed by atoms with Crippen LogP contribution in [0.15, 0.2) is 12.1 Å². The second kappa shape index (κ2) is 6.99. The molecule has 5 heteroatoms. The van der Waals surface area contributed by atoms with Crippen LogP contribution >= 0.6 is 23.4 Å². The SMILES string of the molecule is CCNc1ccc(Cl)c(CSC(C)CO)n1. The molecule has 2 N–H and O–H groups in total. The Hall–Kier alpha value is -0.450. The molecular formula is C11H17ClN2OS. The minimum absolute atomic E-state index is 0.176. The number of anilines is 1. The molecule has 0 aliphatic heterocycles. The van der Waals surface area contributed by atoms with E-state index >= 15 is 0 Å². The van der Waals surface area contributed by atoms with Gasteiger partial charge in [-0.1, -0.05) is 18.5 Å². The minimum Gasteiger partial charge on any atom is -0.395 e. The molecule has 0 amide bonds. The predicted octanol–water partition coefficient (Wildman–Crippen LogP) is 2.78. The second-order valence-corrected chi connectivity index (χ2v) is 5.29. The summed E-state index contributed by atoms with van der Waals surface area (Å²) in [5.74, 6) is 1.57. The lowest BCUT2D eigenvalue weighted by atomic mass is 10.3. The molecule has 16 heavy (non-hydrogen) atoms. The van der Waals surface area contributed by atoms with Gasteiger partial charge in [-0.3, -0.25) is 0 Å². The van der Waals surface area contributed by atoms with Crippen molar-refractivity contribution in [3.8, 4) is 0 Å². The Morgan fingerprint density at radius 1 is 1.56 bits per heavy atom. The van der Waals surface area contributed by atoms with Crippen LogP contribution in [0.1, 0.15) is 19.5 Å². The normalized spacial score (nSPS) is 12.5. The summed E-state index contributed by atoms with van der Waals surface area (Å²) in [6, 6.07) is 3.72. The third kappa shape index (κ3) is 4.20. The van der Waals surface area contributed by atoms with Gasteiger partial charge in [0, 0.05) is 17.5 Å². The molecule has 0 aromatic carbocycles. The molecule has 0 fully saturated rings. The van der Waals surface area contributed by atoms with Crippen molar-refractivity contribution in [3.63, 3.8) is 0 Å². The number of thioether (sulfide) groups is 1. The summed E-state index contributed by atoms with van der Waals surface area (Å²) < 4.78 is 0. The number of aliphatic hydroxyl groups excluding tert-OH is 1. The number of pyridine rings is 1. The van der Waals surface area contributed by atoms with Crippen LogP contribution in [0.5, 0.6) is 0 Å². The summed E-state index contributed by atoms with van der Waals surface area (Å²) in [5, 5.41) is 13.0. The monoisotopic (exact) mass is 260 g/mol. The van der Waals surface area contributed by atoms with E-state index in [1.807, 2.05) is 26.0 Å². The maximum absolute atomic E-state index is 8.93. The van der Waals surface area contributed by atoms with Crippen molar-refractivity contribution in [2.45, 2.75) is 24.9 Å². The number of aliphatic hydroxyl groups is 1. The summed E-state index contributed by atoms with van der Waals surface area (Å²) in [5.41, 5.74) is 0.866. The van der Waals surface area contributed by atoms with Gasteiger partial charge in [-0.25, -0.2) is 4.98 Å². The molecule has 0 bridgehead atoms. The van der Waals surface area contributed by atoms with Gasteiger partial charge in [0.1, 0.15) is 5.82 Å². The predicted molar refractivity (Wildman–Crippen MR) is 71.3 cm³/mol. The van der Waals surface area contributed by atoms with Crippen LogP contribution < -0.4 is 5.32 Å². The van der Waals surface area contributed by atoms with Crippen LogP contribution in [0, 0.1) is 0 Å². The average Bonchev–Trinajstić information content (AvgIpc) is 2.29. The van der Waals surface area contributed by atoms with E-state index in [1.165, 1.54) is 0 Å². The third-order valence-electron chi connectivity index (χ3n) is 2.04. The summed E-state index contributed by atoms with van der Waals surface area (Å²) in [6.45, 7) is 5.02. The van der Waals surface area contributed by atoms with Gasteiger partial charge in [-0.2, -0.15) is 0 Å². The molecule has 1 atom stereocenters. The lowest BCUT2D eigenvalue weighted by molar-refractivity contribution is 0.300. The molecule has 1 heterocycles. The molecule has 0 saturated heterocycles. The topological polar surface area (TPSA) is 45.1 Å². The first-order valence-electron chi connectivity index (χ1n) is 5.29. The number of nitrogens with zero attached hydrogens (tertiary/aromatic N) is 1. The van der Waals surface area contributed by atoms with Crippen molar-refractivity contribution in [2.24, 2.45) is 0 Å². The highest BCUT2D eigenvalue weighted by Crippen LogP contribution is 2.23. The minimum atomic E-state index is 0.176. The van der Waals surface area contributed by atoms with Crippen molar-refractivity contribution in [3.05, 3.63) is 22.8 Å². The van der Waals surface area contributed by atoms with E-state index in [2.05, 4.69) is 10.3 Å². The molecular weight excluding hydrogens is 244 g/mol. The van der Waals surface area contributed by atoms with Crippen molar-refractivity contribution >= 4 is 29.2 Å². The van der Waals surface area contributed by atoms with Gasteiger partial charge in [0.05, 0.1) is 17.3 Å². The summed E-state index contributed by atoms with van der Waals surface area (Å²) in [7, 11) is 0. The number of rotatable bonds is 6. The molecule has 0 saturated carbocycles. The number of hydrogen-bond acceptors (Lipinski definition) is 4. The highest BCUT2D eigenvalue weighted by atomic mass is 35.5. The Balaban J connectivity index is 2.66. The van der Waals surface area contributed by atoms with Gasteiger partial charge < -0.3 is 10.4 Å². The van der Waals surface area contributed by atoms with Gasteiger partial charge in [0.25, 0.3) is 0 Å². The van der Waals surface area contributed by atoms with E-state index in [-0.39, 0.29) is 11.9 Å². The molecule has 0 spiro atoms. The van der Waals surface area contributed by atoms with Crippen molar-refractivity contribution in [1.82, 2.24) is 4.98 Å². The first-order valence-corrected chi connectivity index (χ1v) is 6.71. The van der Waals surface area contributed by atoms with Gasteiger partial charge in [0.2, 0.25) is 0 Å². The fourth-order valence-corrected chi connectivity index (χ4v) is 2.16. The van der Waals surface area contributed by atoms with Crippen LogP contribution in [-0.2, 0) is 5.75 Å². The molecule has 3 nitrogen and oxygen atoms in total. The second-order valence-electron chi connectivity index (χ2n) is 3.46. The lowest BCUT2D eigenvalue weighted by Gasteiger charge is -2.10. The molecule has 1 unspecified atom stereocenters. The Morgan fingerprint density at radius 3 is 2.94 bits per heavy atom. The Labute approximate surface area is 106 Å². The fourth-order valence-electron chi connectivity index (χ4n) is 1.14. The van der Waals surface area contributed by atoms with Crippen molar-refractivity contribution in [2.75, 3.05) is 18.5 Å². The fraction of sp³-hybridized carbons (Fsp3) is 0.545. The molecule has 1 aromatic rings. The molecule has 0 aliphatic carbocycles. The highest BCUT2D eigenvalue weighted by Gasteiger charge is 2.07. The highest BCUT2D eigenvalue weighted by molar-refractivity contribution is 7.99.